The lowest BCUT2D eigenvalue weighted by Crippen LogP contribution is -2.39. The molecule has 0 saturated heterocycles. The number of carbonyl (C=O) groups is 1. The number of hydrogen-bond donors (Lipinski definition) is 2. The van der Waals surface area contributed by atoms with Crippen LogP contribution in [-0.4, -0.2) is 43.7 Å². The van der Waals surface area contributed by atoms with E-state index in [4.69, 9.17) is 19.2 Å². The second kappa shape index (κ2) is 4.75. The van der Waals surface area contributed by atoms with Gasteiger partial charge < -0.3 is 24.5 Å². The SMILES string of the molecule is CC1OB2OC(CNC(=O)O)C=C3C=COCC1=C23. The van der Waals surface area contributed by atoms with E-state index in [0.29, 0.717) is 6.61 Å². The summed E-state index contributed by atoms with van der Waals surface area (Å²) < 4.78 is 16.9. The fraction of sp³-hybridized carbons (Fsp3) is 0.417. The van der Waals surface area contributed by atoms with Crippen molar-refractivity contribution in [2.75, 3.05) is 13.2 Å². The summed E-state index contributed by atoms with van der Waals surface area (Å²) in [6.07, 6.45) is 3.97. The lowest BCUT2D eigenvalue weighted by molar-refractivity contribution is 0.143. The molecule has 0 aromatic heterocycles. The highest BCUT2D eigenvalue weighted by Crippen LogP contribution is 2.36. The van der Waals surface area contributed by atoms with Gasteiger partial charge in [0.05, 0.1) is 18.5 Å². The molecule has 6 nitrogen and oxygen atoms in total. The first-order chi connectivity index (χ1) is 9.15. The molecule has 0 aliphatic carbocycles. The van der Waals surface area contributed by atoms with Gasteiger partial charge in [-0.25, -0.2) is 4.79 Å². The normalized spacial score (nSPS) is 28.5. The largest absolute Gasteiger partial charge is 0.497 e. The summed E-state index contributed by atoms with van der Waals surface area (Å²) in [6, 6.07) is 0. The molecule has 2 N–H and O–H groups in total. The first-order valence-corrected chi connectivity index (χ1v) is 6.16. The first-order valence-electron chi connectivity index (χ1n) is 6.16. The predicted octanol–water partition coefficient (Wildman–Crippen LogP) is 0.866. The average molecular weight is 263 g/mol. The number of hydrogen-bond acceptors (Lipinski definition) is 4. The van der Waals surface area contributed by atoms with Crippen molar-refractivity contribution in [1.29, 1.82) is 0 Å². The van der Waals surface area contributed by atoms with Crippen LogP contribution in [0.25, 0.3) is 0 Å². The van der Waals surface area contributed by atoms with Crippen LogP contribution in [0.15, 0.2) is 35.0 Å². The Labute approximate surface area is 110 Å². The third kappa shape index (κ3) is 2.26. The second-order valence-corrected chi connectivity index (χ2v) is 4.65. The zero-order valence-corrected chi connectivity index (χ0v) is 10.5. The molecular weight excluding hydrogens is 249 g/mol. The summed E-state index contributed by atoms with van der Waals surface area (Å²) in [5, 5.41) is 10.9. The van der Waals surface area contributed by atoms with Crippen LogP contribution in [0.4, 0.5) is 4.79 Å². The summed E-state index contributed by atoms with van der Waals surface area (Å²) in [5.41, 5.74) is 3.10. The van der Waals surface area contributed by atoms with E-state index in [2.05, 4.69) is 5.32 Å². The van der Waals surface area contributed by atoms with Crippen LogP contribution < -0.4 is 5.32 Å². The highest BCUT2D eigenvalue weighted by Gasteiger charge is 2.43. The monoisotopic (exact) mass is 263 g/mol. The van der Waals surface area contributed by atoms with Gasteiger partial charge >= 0.3 is 13.2 Å². The third-order valence-corrected chi connectivity index (χ3v) is 3.41. The van der Waals surface area contributed by atoms with Gasteiger partial charge in [-0.05, 0) is 35.7 Å². The van der Waals surface area contributed by atoms with Crippen LogP contribution in [0, 0.1) is 0 Å². The zero-order valence-electron chi connectivity index (χ0n) is 10.5. The maximum atomic E-state index is 10.5. The van der Waals surface area contributed by atoms with Gasteiger partial charge in [-0.15, -0.1) is 0 Å². The molecule has 0 fully saturated rings. The summed E-state index contributed by atoms with van der Waals surface area (Å²) in [7, 11) is -0.433. The Balaban J connectivity index is 1.87. The van der Waals surface area contributed by atoms with Crippen LogP contribution in [-0.2, 0) is 14.0 Å². The number of carboxylic acid groups (broad SMARTS) is 1. The Morgan fingerprint density at radius 2 is 2.42 bits per heavy atom. The highest BCUT2D eigenvalue weighted by atomic mass is 16.6. The molecule has 3 aliphatic rings. The van der Waals surface area contributed by atoms with Crippen LogP contribution in [0.3, 0.4) is 0 Å². The van der Waals surface area contributed by atoms with Crippen molar-refractivity contribution in [1.82, 2.24) is 5.32 Å². The van der Waals surface area contributed by atoms with Gasteiger partial charge in [0.15, 0.2) is 0 Å². The Morgan fingerprint density at radius 1 is 1.58 bits per heavy atom. The molecular formula is C12H14BNO5. The maximum Gasteiger partial charge on any atom is 0.495 e. The third-order valence-electron chi connectivity index (χ3n) is 3.41. The van der Waals surface area contributed by atoms with Crippen LogP contribution >= 0.6 is 0 Å². The molecule has 2 atom stereocenters. The lowest BCUT2D eigenvalue weighted by Gasteiger charge is -2.25. The molecule has 3 aliphatic heterocycles. The Morgan fingerprint density at radius 3 is 3.21 bits per heavy atom. The van der Waals surface area contributed by atoms with Crippen molar-refractivity contribution in [3.63, 3.8) is 0 Å². The smallest absolute Gasteiger partial charge is 0.495 e. The highest BCUT2D eigenvalue weighted by molar-refractivity contribution is 6.57. The van der Waals surface area contributed by atoms with Crippen LogP contribution in [0.1, 0.15) is 6.92 Å². The number of ether oxygens (including phenoxy) is 1. The molecule has 19 heavy (non-hydrogen) atoms. The van der Waals surface area contributed by atoms with E-state index in [1.54, 1.807) is 6.26 Å². The van der Waals surface area contributed by atoms with Gasteiger partial charge in [-0.2, -0.15) is 0 Å². The molecule has 0 saturated carbocycles. The average Bonchev–Trinajstić information content (AvgIpc) is 2.56. The van der Waals surface area contributed by atoms with Gasteiger partial charge in [0, 0.05) is 6.54 Å². The minimum Gasteiger partial charge on any atom is -0.497 e. The van der Waals surface area contributed by atoms with Crippen molar-refractivity contribution in [3.05, 3.63) is 35.0 Å². The summed E-state index contributed by atoms with van der Waals surface area (Å²) in [6.45, 7) is 2.66. The predicted molar refractivity (Wildman–Crippen MR) is 67.4 cm³/mol. The van der Waals surface area contributed by atoms with E-state index in [1.807, 2.05) is 19.1 Å². The second-order valence-electron chi connectivity index (χ2n) is 4.65. The van der Waals surface area contributed by atoms with E-state index < -0.39 is 13.2 Å². The molecule has 0 bridgehead atoms. The number of allylic oxidation sites excluding steroid dienone is 3. The van der Waals surface area contributed by atoms with E-state index in [9.17, 15) is 4.79 Å². The van der Waals surface area contributed by atoms with Crippen LogP contribution in [0.5, 0.6) is 0 Å². The van der Waals surface area contributed by atoms with Gasteiger partial charge in [0.25, 0.3) is 0 Å². The molecule has 0 spiro atoms. The molecule has 1 amide bonds. The molecule has 0 radical (unpaired) electrons. The Bertz CT molecular complexity index is 498. The maximum absolute atomic E-state index is 10.5. The molecule has 100 valence electrons. The van der Waals surface area contributed by atoms with Gasteiger partial charge in [0.2, 0.25) is 0 Å². The van der Waals surface area contributed by atoms with Crippen molar-refractivity contribution in [3.8, 4) is 0 Å². The summed E-state index contributed by atoms with van der Waals surface area (Å²) in [5.74, 6) is 0. The van der Waals surface area contributed by atoms with Gasteiger partial charge in [0.1, 0.15) is 6.61 Å². The Hall–Kier alpha value is -1.73. The first kappa shape index (κ1) is 12.3. The van der Waals surface area contributed by atoms with E-state index in [0.717, 1.165) is 16.6 Å². The molecule has 3 rings (SSSR count). The topological polar surface area (TPSA) is 77.0 Å². The fourth-order valence-electron chi connectivity index (χ4n) is 2.51. The van der Waals surface area contributed by atoms with Gasteiger partial charge in [-0.3, -0.25) is 0 Å². The van der Waals surface area contributed by atoms with E-state index >= 15 is 0 Å². The summed E-state index contributed by atoms with van der Waals surface area (Å²) in [4.78, 5) is 10.5. The fourth-order valence-corrected chi connectivity index (χ4v) is 2.51. The molecule has 2 unspecified atom stereocenters. The zero-order chi connectivity index (χ0) is 13.4. The van der Waals surface area contributed by atoms with Gasteiger partial charge in [-0.1, -0.05) is 0 Å². The van der Waals surface area contributed by atoms with Crippen molar-refractivity contribution >= 4 is 13.2 Å². The number of amides is 1. The minimum atomic E-state index is -1.07. The van der Waals surface area contributed by atoms with Crippen molar-refractivity contribution in [2.24, 2.45) is 0 Å². The van der Waals surface area contributed by atoms with E-state index in [-0.39, 0.29) is 18.8 Å². The molecule has 0 aromatic rings. The number of nitrogens with one attached hydrogen (secondary N) is 1. The van der Waals surface area contributed by atoms with E-state index in [1.165, 1.54) is 0 Å². The minimum absolute atomic E-state index is 0.0468. The standard InChI is InChI=1S/C12H14BNO5/c1-7-10-6-17-3-2-8-4-9(5-14-12(15)16)19-13(18-7)11(8)10/h2-4,7,9,14H,5-6H2,1H3,(H,15,16). The van der Waals surface area contributed by atoms with Crippen molar-refractivity contribution in [2.45, 2.75) is 19.1 Å². The quantitative estimate of drug-likeness (QED) is 0.723. The molecule has 0 aromatic carbocycles. The van der Waals surface area contributed by atoms with Crippen LogP contribution in [0.2, 0.25) is 0 Å². The Kier molecular flexibility index (Phi) is 3.08. The molecule has 3 heterocycles. The number of rotatable bonds is 2. The molecule has 7 heteroatoms. The van der Waals surface area contributed by atoms with Crippen molar-refractivity contribution < 1.29 is 23.9 Å². The summed E-state index contributed by atoms with van der Waals surface area (Å²) >= 11 is 0. The lowest BCUT2D eigenvalue weighted by atomic mass is 9.70.